The first-order valence-electron chi connectivity index (χ1n) is 6.45. The first-order valence-corrected chi connectivity index (χ1v) is 6.45. The number of rotatable bonds is 6. The van der Waals surface area contributed by atoms with Crippen LogP contribution in [-0.4, -0.2) is 30.9 Å². The van der Waals surface area contributed by atoms with E-state index in [4.69, 9.17) is 14.6 Å². The lowest BCUT2D eigenvalue weighted by atomic mass is 10.1. The fourth-order valence-electron chi connectivity index (χ4n) is 1.48. The fraction of sp³-hybridized carbons (Fsp3) is 0.333. The number of carboxylic acids is 1. The lowest BCUT2D eigenvalue weighted by Crippen LogP contribution is -2.17. The van der Waals surface area contributed by atoms with Crippen LogP contribution in [0.15, 0.2) is 24.3 Å². The van der Waals surface area contributed by atoms with Gasteiger partial charge in [-0.2, -0.15) is 0 Å². The Morgan fingerprint density at radius 3 is 2.67 bits per heavy atom. The van der Waals surface area contributed by atoms with E-state index < -0.39 is 12.1 Å². The van der Waals surface area contributed by atoms with Gasteiger partial charge in [-0.25, -0.2) is 9.59 Å². The van der Waals surface area contributed by atoms with Gasteiger partial charge in [-0.15, -0.1) is 0 Å². The van der Waals surface area contributed by atoms with Gasteiger partial charge in [0.1, 0.15) is 5.75 Å². The zero-order chi connectivity index (χ0) is 15.8. The third-order valence-electron chi connectivity index (χ3n) is 2.43. The molecular weight excluding hydrogens is 274 g/mol. The Morgan fingerprint density at radius 1 is 1.38 bits per heavy atom. The molecule has 0 saturated heterocycles. The largest absolute Gasteiger partial charge is 0.495 e. The SMILES string of the molecule is COc1ccc(C=CC(=O)O)cc1NC(=O)OCC(C)C. The molecule has 1 aromatic rings. The monoisotopic (exact) mass is 293 g/mol. The number of carbonyl (C=O) groups excluding carboxylic acids is 1. The lowest BCUT2D eigenvalue weighted by molar-refractivity contribution is -0.131. The van der Waals surface area contributed by atoms with Crippen LogP contribution in [0.5, 0.6) is 5.75 Å². The lowest BCUT2D eigenvalue weighted by Gasteiger charge is -2.12. The second-order valence-electron chi connectivity index (χ2n) is 4.75. The van der Waals surface area contributed by atoms with Gasteiger partial charge in [0.15, 0.2) is 0 Å². The van der Waals surface area contributed by atoms with E-state index in [2.05, 4.69) is 5.32 Å². The van der Waals surface area contributed by atoms with E-state index in [1.54, 1.807) is 18.2 Å². The summed E-state index contributed by atoms with van der Waals surface area (Å²) in [5.74, 6) is -0.344. The Bertz CT molecular complexity index is 537. The molecule has 0 aromatic heterocycles. The minimum absolute atomic E-state index is 0.238. The number of anilines is 1. The van der Waals surface area contributed by atoms with E-state index in [0.717, 1.165) is 6.08 Å². The summed E-state index contributed by atoms with van der Waals surface area (Å²) >= 11 is 0. The highest BCUT2D eigenvalue weighted by atomic mass is 16.5. The molecule has 0 fully saturated rings. The van der Waals surface area contributed by atoms with Gasteiger partial charge >= 0.3 is 12.1 Å². The van der Waals surface area contributed by atoms with Crippen LogP contribution >= 0.6 is 0 Å². The normalized spacial score (nSPS) is 10.7. The summed E-state index contributed by atoms with van der Waals surface area (Å²) < 4.78 is 10.2. The van der Waals surface area contributed by atoms with Crippen molar-refractivity contribution in [2.24, 2.45) is 5.92 Å². The molecule has 1 rings (SSSR count). The standard InChI is InChI=1S/C15H19NO5/c1-10(2)9-21-15(19)16-12-8-11(5-7-14(17)18)4-6-13(12)20-3/h4-8,10H,9H2,1-3H3,(H,16,19)(H,17,18). The van der Waals surface area contributed by atoms with Crippen LogP contribution in [0.3, 0.4) is 0 Å². The summed E-state index contributed by atoms with van der Waals surface area (Å²) in [6.07, 6.45) is 1.86. The van der Waals surface area contributed by atoms with Crippen LogP contribution in [0.25, 0.3) is 6.08 Å². The number of ether oxygens (including phenoxy) is 2. The van der Waals surface area contributed by atoms with Gasteiger partial charge in [0.25, 0.3) is 0 Å². The van der Waals surface area contributed by atoms with E-state index in [0.29, 0.717) is 23.6 Å². The van der Waals surface area contributed by atoms with Crippen molar-refractivity contribution in [3.05, 3.63) is 29.8 Å². The number of nitrogens with one attached hydrogen (secondary N) is 1. The van der Waals surface area contributed by atoms with Gasteiger partial charge in [-0.05, 0) is 29.7 Å². The van der Waals surface area contributed by atoms with Crippen LogP contribution in [0.4, 0.5) is 10.5 Å². The summed E-state index contributed by atoms with van der Waals surface area (Å²) in [7, 11) is 1.48. The molecule has 0 radical (unpaired) electrons. The number of methoxy groups -OCH3 is 1. The second-order valence-corrected chi connectivity index (χ2v) is 4.75. The number of benzene rings is 1. The van der Waals surface area contributed by atoms with E-state index in [-0.39, 0.29) is 5.92 Å². The summed E-state index contributed by atoms with van der Waals surface area (Å²) in [5.41, 5.74) is 1.04. The molecule has 114 valence electrons. The maximum absolute atomic E-state index is 11.7. The Hall–Kier alpha value is -2.50. The predicted octanol–water partition coefficient (Wildman–Crippen LogP) is 3.00. The van der Waals surface area contributed by atoms with E-state index in [1.165, 1.54) is 13.2 Å². The molecule has 0 aliphatic carbocycles. The maximum atomic E-state index is 11.7. The van der Waals surface area contributed by atoms with Crippen LogP contribution in [-0.2, 0) is 9.53 Å². The van der Waals surface area contributed by atoms with Crippen molar-refractivity contribution in [1.29, 1.82) is 0 Å². The Morgan fingerprint density at radius 2 is 2.10 bits per heavy atom. The van der Waals surface area contributed by atoms with E-state index in [9.17, 15) is 9.59 Å². The van der Waals surface area contributed by atoms with E-state index in [1.807, 2.05) is 13.8 Å². The predicted molar refractivity (Wildman–Crippen MR) is 79.5 cm³/mol. The molecule has 1 amide bonds. The molecular formula is C15H19NO5. The number of hydrogen-bond acceptors (Lipinski definition) is 4. The van der Waals surface area contributed by atoms with Crippen LogP contribution in [0.1, 0.15) is 19.4 Å². The highest BCUT2D eigenvalue weighted by molar-refractivity contribution is 5.89. The number of amides is 1. The molecule has 21 heavy (non-hydrogen) atoms. The van der Waals surface area contributed by atoms with Crippen molar-refractivity contribution in [2.75, 3.05) is 19.0 Å². The molecule has 6 heteroatoms. The molecule has 2 N–H and O–H groups in total. The maximum Gasteiger partial charge on any atom is 0.411 e. The second kappa shape index (κ2) is 7.94. The van der Waals surface area contributed by atoms with Crippen molar-refractivity contribution >= 4 is 23.8 Å². The third kappa shape index (κ3) is 5.99. The molecule has 0 unspecified atom stereocenters. The zero-order valence-corrected chi connectivity index (χ0v) is 12.3. The number of carboxylic acid groups (broad SMARTS) is 1. The van der Waals surface area contributed by atoms with Crippen molar-refractivity contribution in [1.82, 2.24) is 0 Å². The average molecular weight is 293 g/mol. The Kier molecular flexibility index (Phi) is 6.26. The quantitative estimate of drug-likeness (QED) is 0.788. The number of hydrogen-bond donors (Lipinski definition) is 2. The summed E-state index contributed by atoms with van der Waals surface area (Å²) in [4.78, 5) is 22.2. The first-order chi connectivity index (χ1) is 9.92. The molecule has 0 bridgehead atoms. The zero-order valence-electron chi connectivity index (χ0n) is 12.3. The van der Waals surface area contributed by atoms with Gasteiger partial charge in [0, 0.05) is 6.08 Å². The highest BCUT2D eigenvalue weighted by Gasteiger charge is 2.09. The molecule has 0 atom stereocenters. The minimum Gasteiger partial charge on any atom is -0.495 e. The van der Waals surface area contributed by atoms with Gasteiger partial charge < -0.3 is 14.6 Å². The average Bonchev–Trinajstić information content (AvgIpc) is 2.43. The van der Waals surface area contributed by atoms with Crippen molar-refractivity contribution in [3.8, 4) is 5.75 Å². The summed E-state index contributed by atoms with van der Waals surface area (Å²) in [5, 5.41) is 11.2. The Labute approximate surface area is 123 Å². The van der Waals surface area contributed by atoms with Crippen LogP contribution in [0.2, 0.25) is 0 Å². The molecule has 0 aliphatic rings. The molecule has 0 saturated carbocycles. The van der Waals surface area contributed by atoms with Crippen molar-refractivity contribution in [3.63, 3.8) is 0 Å². The smallest absolute Gasteiger partial charge is 0.411 e. The highest BCUT2D eigenvalue weighted by Crippen LogP contribution is 2.26. The Balaban J connectivity index is 2.85. The van der Waals surface area contributed by atoms with Gasteiger partial charge in [-0.1, -0.05) is 19.9 Å². The first kappa shape index (κ1) is 16.6. The van der Waals surface area contributed by atoms with Crippen molar-refractivity contribution in [2.45, 2.75) is 13.8 Å². The third-order valence-corrected chi connectivity index (χ3v) is 2.43. The number of aliphatic carboxylic acids is 1. The topological polar surface area (TPSA) is 84.9 Å². The van der Waals surface area contributed by atoms with Gasteiger partial charge in [0.05, 0.1) is 19.4 Å². The number of carbonyl (C=O) groups is 2. The molecule has 1 aromatic carbocycles. The molecule has 0 aliphatic heterocycles. The van der Waals surface area contributed by atoms with Crippen LogP contribution in [0, 0.1) is 5.92 Å². The molecule has 6 nitrogen and oxygen atoms in total. The fourth-order valence-corrected chi connectivity index (χ4v) is 1.48. The van der Waals surface area contributed by atoms with Gasteiger partial charge in [0.2, 0.25) is 0 Å². The van der Waals surface area contributed by atoms with Crippen LogP contribution < -0.4 is 10.1 Å². The molecule has 0 spiro atoms. The minimum atomic E-state index is -1.04. The van der Waals surface area contributed by atoms with Gasteiger partial charge in [-0.3, -0.25) is 5.32 Å². The molecule has 0 heterocycles. The summed E-state index contributed by atoms with van der Waals surface area (Å²) in [6, 6.07) is 4.93. The van der Waals surface area contributed by atoms with E-state index >= 15 is 0 Å². The summed E-state index contributed by atoms with van der Waals surface area (Å²) in [6.45, 7) is 4.18. The van der Waals surface area contributed by atoms with Crippen molar-refractivity contribution < 1.29 is 24.2 Å².